The highest BCUT2D eigenvalue weighted by atomic mass is 16.5. The van der Waals surface area contributed by atoms with Crippen molar-refractivity contribution >= 4 is 11.9 Å². The van der Waals surface area contributed by atoms with Crippen LogP contribution in [-0.2, 0) is 16.1 Å². The molecule has 0 bridgehead atoms. The van der Waals surface area contributed by atoms with Crippen molar-refractivity contribution in [2.24, 2.45) is 0 Å². The fraction of sp³-hybridized carbons (Fsp3) is 0.364. The zero-order chi connectivity index (χ0) is 20.8. The summed E-state index contributed by atoms with van der Waals surface area (Å²) < 4.78 is 16.0. The quantitative estimate of drug-likeness (QED) is 0.735. The van der Waals surface area contributed by atoms with Crippen molar-refractivity contribution in [2.75, 3.05) is 34.0 Å². The number of methoxy groups -OCH3 is 2. The summed E-state index contributed by atoms with van der Waals surface area (Å²) in [5.41, 5.74) is 2.22. The number of carbonyl (C=O) groups is 2. The van der Waals surface area contributed by atoms with Gasteiger partial charge < -0.3 is 24.2 Å². The van der Waals surface area contributed by atoms with Gasteiger partial charge in [0.1, 0.15) is 18.0 Å². The van der Waals surface area contributed by atoms with Gasteiger partial charge in [0.15, 0.2) is 0 Å². The number of carboxylic acids is 1. The number of hydrogen-bond donors (Lipinski definition) is 1. The number of carbonyl (C=O) groups excluding carboxylic acids is 1. The number of aliphatic carboxylic acids is 1. The van der Waals surface area contributed by atoms with Crippen molar-refractivity contribution in [1.82, 2.24) is 4.90 Å². The maximum atomic E-state index is 13.1. The van der Waals surface area contributed by atoms with Crippen LogP contribution in [0.1, 0.15) is 33.8 Å². The first kappa shape index (κ1) is 20.7. The normalized spacial score (nSPS) is 15.7. The summed E-state index contributed by atoms with van der Waals surface area (Å²) in [5.74, 6) is -0.00237. The zero-order valence-electron chi connectivity index (χ0n) is 16.6. The smallest absolute Gasteiger partial charge is 0.323 e. The van der Waals surface area contributed by atoms with Crippen LogP contribution < -0.4 is 9.47 Å². The first-order valence-corrected chi connectivity index (χ1v) is 9.41. The highest BCUT2D eigenvalue weighted by Crippen LogP contribution is 2.27. The van der Waals surface area contributed by atoms with Crippen molar-refractivity contribution in [1.29, 1.82) is 0 Å². The molecule has 0 aromatic heterocycles. The third kappa shape index (κ3) is 5.26. The fourth-order valence-electron chi connectivity index (χ4n) is 3.45. The molecule has 0 saturated carbocycles. The van der Waals surface area contributed by atoms with Crippen molar-refractivity contribution in [3.05, 3.63) is 59.2 Å². The van der Waals surface area contributed by atoms with E-state index in [4.69, 9.17) is 14.2 Å². The molecule has 0 spiro atoms. The minimum atomic E-state index is -1.08. The lowest BCUT2D eigenvalue weighted by molar-refractivity contribution is -0.137. The summed E-state index contributed by atoms with van der Waals surface area (Å²) in [6.45, 7) is 1.07. The van der Waals surface area contributed by atoms with Crippen LogP contribution in [0.5, 0.6) is 11.5 Å². The predicted molar refractivity (Wildman–Crippen MR) is 107 cm³/mol. The van der Waals surface area contributed by atoms with E-state index in [0.717, 1.165) is 17.5 Å². The maximum Gasteiger partial charge on any atom is 0.323 e. The van der Waals surface area contributed by atoms with E-state index in [9.17, 15) is 14.7 Å². The fourth-order valence-corrected chi connectivity index (χ4v) is 3.45. The summed E-state index contributed by atoms with van der Waals surface area (Å²) in [6, 6.07) is 12.6. The van der Waals surface area contributed by atoms with Crippen molar-refractivity contribution < 1.29 is 28.9 Å². The molecule has 2 aromatic carbocycles. The van der Waals surface area contributed by atoms with E-state index in [-0.39, 0.29) is 18.4 Å². The number of hydrogen-bond acceptors (Lipinski definition) is 5. The summed E-state index contributed by atoms with van der Waals surface area (Å²) in [4.78, 5) is 25.8. The van der Waals surface area contributed by atoms with Crippen LogP contribution in [0.3, 0.4) is 0 Å². The topological polar surface area (TPSA) is 85.3 Å². The molecule has 0 radical (unpaired) electrons. The number of ether oxygens (including phenoxy) is 3. The van der Waals surface area contributed by atoms with Crippen LogP contribution in [0.25, 0.3) is 0 Å². The van der Waals surface area contributed by atoms with Gasteiger partial charge in [0.2, 0.25) is 0 Å². The Bertz CT molecular complexity index is 853. The summed E-state index contributed by atoms with van der Waals surface area (Å²) in [5, 5.41) is 9.33. The van der Waals surface area contributed by atoms with Crippen LogP contribution >= 0.6 is 0 Å². The first-order chi connectivity index (χ1) is 14.0. The number of nitrogens with zero attached hydrogens (tertiary/aromatic N) is 1. The van der Waals surface area contributed by atoms with Gasteiger partial charge in [-0.2, -0.15) is 0 Å². The molecule has 1 atom stereocenters. The van der Waals surface area contributed by atoms with E-state index in [1.165, 1.54) is 19.1 Å². The van der Waals surface area contributed by atoms with Crippen molar-refractivity contribution in [3.8, 4) is 11.5 Å². The highest BCUT2D eigenvalue weighted by Gasteiger charge is 2.22. The molecular formula is C22H25NO6. The number of amides is 1. The molecule has 1 saturated heterocycles. The molecule has 2 aromatic rings. The number of carboxylic acid groups (broad SMARTS) is 1. The molecule has 154 valence electrons. The number of benzene rings is 2. The molecule has 1 aliphatic rings. The van der Waals surface area contributed by atoms with Gasteiger partial charge in [0, 0.05) is 30.7 Å². The minimum absolute atomic E-state index is 0.120. The maximum absolute atomic E-state index is 13.1. The molecular weight excluding hydrogens is 374 g/mol. The van der Waals surface area contributed by atoms with Gasteiger partial charge in [0.25, 0.3) is 5.91 Å². The lowest BCUT2D eigenvalue weighted by Gasteiger charge is -2.22. The molecule has 0 aliphatic carbocycles. The standard InChI is InChI=1S/C22H25NO6/c1-27-19-8-15(9-20(11-19)28-2)12-23(13-21(24)25)22(26)17-5-3-4-16(10-17)18-6-7-29-14-18/h3-5,8-11,18H,6-7,12-14H2,1-2H3,(H,24,25). The largest absolute Gasteiger partial charge is 0.497 e. The second-order valence-electron chi connectivity index (χ2n) is 6.96. The molecule has 1 aliphatic heterocycles. The van der Waals surface area contributed by atoms with Gasteiger partial charge in [-0.15, -0.1) is 0 Å². The van der Waals surface area contributed by atoms with Crippen LogP contribution in [0.15, 0.2) is 42.5 Å². The van der Waals surface area contributed by atoms with Crippen LogP contribution in [0, 0.1) is 0 Å². The van der Waals surface area contributed by atoms with Gasteiger partial charge in [-0.1, -0.05) is 12.1 Å². The first-order valence-electron chi connectivity index (χ1n) is 9.41. The lowest BCUT2D eigenvalue weighted by Crippen LogP contribution is -2.35. The summed E-state index contributed by atoms with van der Waals surface area (Å²) in [7, 11) is 3.08. The van der Waals surface area contributed by atoms with Gasteiger partial charge in [-0.25, -0.2) is 0 Å². The third-order valence-corrected chi connectivity index (χ3v) is 4.93. The molecule has 1 amide bonds. The zero-order valence-corrected chi connectivity index (χ0v) is 16.6. The SMILES string of the molecule is COc1cc(CN(CC(=O)O)C(=O)c2cccc(C3CCOC3)c2)cc(OC)c1. The summed E-state index contributed by atoms with van der Waals surface area (Å²) in [6.07, 6.45) is 0.917. The van der Waals surface area contributed by atoms with E-state index in [2.05, 4.69) is 0 Å². The van der Waals surface area contributed by atoms with E-state index in [1.807, 2.05) is 18.2 Å². The molecule has 3 rings (SSSR count). The number of rotatable bonds is 8. The van der Waals surface area contributed by atoms with Gasteiger partial charge in [-0.05, 0) is 41.8 Å². The minimum Gasteiger partial charge on any atom is -0.497 e. The summed E-state index contributed by atoms with van der Waals surface area (Å²) >= 11 is 0. The lowest BCUT2D eigenvalue weighted by atomic mass is 9.96. The van der Waals surface area contributed by atoms with Crippen LogP contribution in [-0.4, -0.2) is 55.9 Å². The monoisotopic (exact) mass is 399 g/mol. The highest BCUT2D eigenvalue weighted by molar-refractivity contribution is 5.96. The van der Waals surface area contributed by atoms with E-state index >= 15 is 0 Å². The van der Waals surface area contributed by atoms with Gasteiger partial charge in [-0.3, -0.25) is 9.59 Å². The third-order valence-electron chi connectivity index (χ3n) is 4.93. The Kier molecular flexibility index (Phi) is 6.72. The Labute approximate surface area is 169 Å². The Morgan fingerprint density at radius 2 is 1.86 bits per heavy atom. The Morgan fingerprint density at radius 3 is 2.45 bits per heavy atom. The Morgan fingerprint density at radius 1 is 1.14 bits per heavy atom. The van der Waals surface area contributed by atoms with Gasteiger partial charge in [0.05, 0.1) is 20.8 Å². The van der Waals surface area contributed by atoms with Crippen molar-refractivity contribution in [2.45, 2.75) is 18.9 Å². The van der Waals surface area contributed by atoms with E-state index in [0.29, 0.717) is 30.3 Å². The van der Waals surface area contributed by atoms with E-state index in [1.54, 1.807) is 24.3 Å². The molecule has 29 heavy (non-hydrogen) atoms. The van der Waals surface area contributed by atoms with Gasteiger partial charge >= 0.3 is 5.97 Å². The van der Waals surface area contributed by atoms with Crippen LogP contribution in [0.4, 0.5) is 0 Å². The van der Waals surface area contributed by atoms with Crippen molar-refractivity contribution in [3.63, 3.8) is 0 Å². The molecule has 1 heterocycles. The molecule has 7 heteroatoms. The van der Waals surface area contributed by atoms with E-state index < -0.39 is 12.5 Å². The van der Waals surface area contributed by atoms with Crippen LogP contribution in [0.2, 0.25) is 0 Å². The molecule has 1 N–H and O–H groups in total. The molecule has 1 fully saturated rings. The average Bonchev–Trinajstić information content (AvgIpc) is 3.27. The Hall–Kier alpha value is -3.06. The molecule has 7 nitrogen and oxygen atoms in total. The average molecular weight is 399 g/mol. The predicted octanol–water partition coefficient (Wildman–Crippen LogP) is 2.93. The second kappa shape index (κ2) is 9.43. The Balaban J connectivity index is 1.86. The molecule has 1 unspecified atom stereocenters. The second-order valence-corrected chi connectivity index (χ2v) is 6.96.